The number of para-hydroxylation sites is 2. The number of carbonyl (C=O) groups is 2. The van der Waals surface area contributed by atoms with Gasteiger partial charge in [0.2, 0.25) is 0 Å². The lowest BCUT2D eigenvalue weighted by Gasteiger charge is -2.34. The zero-order valence-electron chi connectivity index (χ0n) is 18.4. The topological polar surface area (TPSA) is 116 Å². The van der Waals surface area contributed by atoms with E-state index >= 15 is 0 Å². The van der Waals surface area contributed by atoms with Gasteiger partial charge in [-0.3, -0.25) is 9.69 Å². The summed E-state index contributed by atoms with van der Waals surface area (Å²) in [5, 5.41) is 6.24. The van der Waals surface area contributed by atoms with Crippen LogP contribution < -0.4 is 26.2 Å². The number of carbonyl (C=O) groups excluding carboxylic acids is 2. The lowest BCUT2D eigenvalue weighted by atomic mass is 10.1. The number of nitrogens with zero attached hydrogens (tertiary/aromatic N) is 4. The molecule has 1 fully saturated rings. The van der Waals surface area contributed by atoms with Crippen molar-refractivity contribution in [1.82, 2.24) is 15.3 Å². The van der Waals surface area contributed by atoms with E-state index in [4.69, 9.17) is 5.73 Å². The maximum atomic E-state index is 12.7. The second-order valence-corrected chi connectivity index (χ2v) is 7.91. The molecule has 2 aromatic carbocycles. The van der Waals surface area contributed by atoms with Crippen LogP contribution in [0.3, 0.4) is 0 Å². The van der Waals surface area contributed by atoms with Crippen LogP contribution in [0.25, 0.3) is 0 Å². The Morgan fingerprint density at radius 1 is 1.09 bits per heavy atom. The average Bonchev–Trinajstić information content (AvgIpc) is 2.84. The number of hydrogen-bond acceptors (Lipinski definition) is 6. The number of amides is 3. The van der Waals surface area contributed by atoms with Crippen LogP contribution >= 0.6 is 0 Å². The van der Waals surface area contributed by atoms with E-state index < -0.39 is 5.91 Å². The second kappa shape index (κ2) is 9.99. The summed E-state index contributed by atoms with van der Waals surface area (Å²) in [6, 6.07) is 18.7. The number of aromatic nitrogens is 2. The molecule has 4 N–H and O–H groups in total. The van der Waals surface area contributed by atoms with Crippen molar-refractivity contribution in [2.75, 3.05) is 35.3 Å². The summed E-state index contributed by atoms with van der Waals surface area (Å²) in [6.07, 6.45) is 3.31. The lowest BCUT2D eigenvalue weighted by molar-refractivity contribution is 0.0996. The minimum Gasteiger partial charge on any atom is -0.364 e. The lowest BCUT2D eigenvalue weighted by Crippen LogP contribution is -2.51. The largest absolute Gasteiger partial charge is 0.364 e. The van der Waals surface area contributed by atoms with E-state index in [1.165, 1.54) is 0 Å². The standard InChI is InChI=1S/C24H27N7O2/c1-30(19-12-6-3-7-13-19)24(33)28-18-11-8-14-31(16-18)20-15-26-21(22(25)32)23(29-20)27-17-9-4-2-5-10-17/h2-7,9-10,12-13,15,18H,8,11,14,16H2,1H3,(H2,25,32)(H,27,29)(H,28,33)/t18-/m1/s1. The van der Waals surface area contributed by atoms with Gasteiger partial charge in [0.25, 0.3) is 5.91 Å². The van der Waals surface area contributed by atoms with Gasteiger partial charge in [-0.25, -0.2) is 14.8 Å². The molecule has 170 valence electrons. The Morgan fingerprint density at radius 2 is 1.79 bits per heavy atom. The van der Waals surface area contributed by atoms with Gasteiger partial charge < -0.3 is 21.3 Å². The maximum absolute atomic E-state index is 12.7. The van der Waals surface area contributed by atoms with Crippen LogP contribution in [0.1, 0.15) is 23.3 Å². The molecule has 9 nitrogen and oxygen atoms in total. The third-order valence-electron chi connectivity index (χ3n) is 5.55. The van der Waals surface area contributed by atoms with E-state index in [-0.39, 0.29) is 17.8 Å². The first-order valence-electron chi connectivity index (χ1n) is 10.8. The molecule has 1 saturated heterocycles. The SMILES string of the molecule is CN(C(=O)N[C@@H]1CCCN(c2cnc(C(N)=O)c(Nc3ccccc3)n2)C1)c1ccccc1. The number of rotatable bonds is 6. The van der Waals surface area contributed by atoms with Crippen molar-refractivity contribution in [1.29, 1.82) is 0 Å². The molecule has 1 aliphatic heterocycles. The predicted molar refractivity (Wildman–Crippen MR) is 129 cm³/mol. The molecule has 0 aliphatic carbocycles. The van der Waals surface area contributed by atoms with Crippen LogP contribution in [0.4, 0.5) is 27.8 Å². The zero-order chi connectivity index (χ0) is 23.2. The molecule has 33 heavy (non-hydrogen) atoms. The Balaban J connectivity index is 1.47. The van der Waals surface area contributed by atoms with Gasteiger partial charge in [0.1, 0.15) is 5.82 Å². The van der Waals surface area contributed by atoms with Crippen LogP contribution in [-0.4, -0.2) is 48.1 Å². The fourth-order valence-corrected chi connectivity index (χ4v) is 3.80. The van der Waals surface area contributed by atoms with Crippen molar-refractivity contribution in [3.05, 3.63) is 72.6 Å². The molecular formula is C24H27N7O2. The van der Waals surface area contributed by atoms with Crippen molar-refractivity contribution in [2.45, 2.75) is 18.9 Å². The molecule has 9 heteroatoms. The molecule has 3 amide bonds. The van der Waals surface area contributed by atoms with Gasteiger partial charge in [-0.1, -0.05) is 36.4 Å². The molecule has 1 atom stereocenters. The fourth-order valence-electron chi connectivity index (χ4n) is 3.80. The highest BCUT2D eigenvalue weighted by molar-refractivity contribution is 5.96. The highest BCUT2D eigenvalue weighted by atomic mass is 16.2. The van der Waals surface area contributed by atoms with Crippen LogP contribution in [-0.2, 0) is 0 Å². The molecule has 2 heterocycles. The first-order chi connectivity index (χ1) is 16.0. The first kappa shape index (κ1) is 22.1. The molecule has 0 bridgehead atoms. The monoisotopic (exact) mass is 445 g/mol. The minimum atomic E-state index is -0.653. The molecular weight excluding hydrogens is 418 g/mol. The molecule has 1 aromatic heterocycles. The molecule has 4 rings (SSSR count). The van der Waals surface area contributed by atoms with Gasteiger partial charge in [0, 0.05) is 37.6 Å². The maximum Gasteiger partial charge on any atom is 0.321 e. The Morgan fingerprint density at radius 3 is 2.48 bits per heavy atom. The Kier molecular flexibility index (Phi) is 6.68. The molecule has 0 radical (unpaired) electrons. The summed E-state index contributed by atoms with van der Waals surface area (Å²) in [5.74, 6) is 0.273. The van der Waals surface area contributed by atoms with Gasteiger partial charge in [-0.15, -0.1) is 0 Å². The van der Waals surface area contributed by atoms with Crippen LogP contribution in [0, 0.1) is 0 Å². The highest BCUT2D eigenvalue weighted by Gasteiger charge is 2.25. The summed E-state index contributed by atoms with van der Waals surface area (Å²) in [6.45, 7) is 1.36. The number of piperidine rings is 1. The average molecular weight is 446 g/mol. The normalized spacial score (nSPS) is 15.5. The van der Waals surface area contributed by atoms with Crippen molar-refractivity contribution in [2.24, 2.45) is 5.73 Å². The van der Waals surface area contributed by atoms with E-state index in [9.17, 15) is 9.59 Å². The van der Waals surface area contributed by atoms with Gasteiger partial charge in [-0.2, -0.15) is 0 Å². The highest BCUT2D eigenvalue weighted by Crippen LogP contribution is 2.23. The number of hydrogen-bond donors (Lipinski definition) is 3. The summed E-state index contributed by atoms with van der Waals surface area (Å²) >= 11 is 0. The van der Waals surface area contributed by atoms with Gasteiger partial charge in [0.15, 0.2) is 11.5 Å². The van der Waals surface area contributed by atoms with Crippen LogP contribution in [0.15, 0.2) is 66.9 Å². The van der Waals surface area contributed by atoms with Gasteiger partial charge in [0.05, 0.1) is 6.20 Å². The fraction of sp³-hybridized carbons (Fsp3) is 0.250. The summed E-state index contributed by atoms with van der Waals surface area (Å²) < 4.78 is 0. The van der Waals surface area contributed by atoms with Crippen LogP contribution in [0.5, 0.6) is 0 Å². The third-order valence-corrected chi connectivity index (χ3v) is 5.55. The smallest absolute Gasteiger partial charge is 0.321 e. The zero-order valence-corrected chi connectivity index (χ0v) is 18.4. The van der Waals surface area contributed by atoms with E-state index in [0.29, 0.717) is 18.2 Å². The number of urea groups is 1. The molecule has 0 unspecified atom stereocenters. The minimum absolute atomic E-state index is 0.0411. The molecule has 0 spiro atoms. The number of nitrogens with one attached hydrogen (secondary N) is 2. The van der Waals surface area contributed by atoms with Crippen molar-refractivity contribution in [3.63, 3.8) is 0 Å². The predicted octanol–water partition coefficient (Wildman–Crippen LogP) is 3.13. The third kappa shape index (κ3) is 5.38. The second-order valence-electron chi connectivity index (χ2n) is 7.91. The van der Waals surface area contributed by atoms with E-state index in [0.717, 1.165) is 30.8 Å². The Hall–Kier alpha value is -4.14. The first-order valence-corrected chi connectivity index (χ1v) is 10.8. The van der Waals surface area contributed by atoms with Crippen molar-refractivity contribution >= 4 is 34.9 Å². The summed E-state index contributed by atoms with van der Waals surface area (Å²) in [5.41, 5.74) is 7.18. The van der Waals surface area contributed by atoms with Crippen molar-refractivity contribution < 1.29 is 9.59 Å². The van der Waals surface area contributed by atoms with Crippen molar-refractivity contribution in [3.8, 4) is 0 Å². The Labute approximate surface area is 192 Å². The van der Waals surface area contributed by atoms with E-state index in [1.54, 1.807) is 18.1 Å². The van der Waals surface area contributed by atoms with E-state index in [1.807, 2.05) is 60.7 Å². The number of benzene rings is 2. The number of primary amides is 1. The molecule has 3 aromatic rings. The molecule has 0 saturated carbocycles. The van der Waals surface area contributed by atoms with Crippen LogP contribution in [0.2, 0.25) is 0 Å². The number of anilines is 4. The summed E-state index contributed by atoms with van der Waals surface area (Å²) in [7, 11) is 1.75. The number of nitrogens with two attached hydrogens (primary N) is 1. The summed E-state index contributed by atoms with van der Waals surface area (Å²) in [4.78, 5) is 37.2. The van der Waals surface area contributed by atoms with Gasteiger partial charge in [-0.05, 0) is 37.1 Å². The van der Waals surface area contributed by atoms with Gasteiger partial charge >= 0.3 is 6.03 Å². The molecule has 1 aliphatic rings. The quantitative estimate of drug-likeness (QED) is 0.537. The van der Waals surface area contributed by atoms with E-state index in [2.05, 4.69) is 25.5 Å². The Bertz CT molecular complexity index is 1110.